The number of halogens is 1. The summed E-state index contributed by atoms with van der Waals surface area (Å²) in [6.45, 7) is 6.04. The fraction of sp³-hybridized carbons (Fsp3) is 0.308. The Morgan fingerprint density at radius 2 is 2.12 bits per heavy atom. The van der Waals surface area contributed by atoms with E-state index in [0.29, 0.717) is 0 Å². The van der Waals surface area contributed by atoms with Gasteiger partial charge < -0.3 is 5.32 Å². The zero-order valence-electron chi connectivity index (χ0n) is 9.23. The molecule has 1 aliphatic heterocycles. The number of benzene rings is 1. The fourth-order valence-corrected chi connectivity index (χ4v) is 3.22. The molecule has 16 heavy (non-hydrogen) atoms. The molecule has 0 atom stereocenters. The minimum atomic E-state index is 0.939. The number of aliphatic imine (C=N–C) groups is 1. The molecule has 1 N–H and O–H groups in total. The molecule has 1 aromatic carbocycles. The molecule has 0 fully saturated rings. The lowest BCUT2D eigenvalue weighted by atomic mass is 10.00. The third-order valence-electron chi connectivity index (χ3n) is 3.25. The van der Waals surface area contributed by atoms with E-state index in [1.807, 2.05) is 6.92 Å². The molecule has 2 nitrogen and oxygen atoms in total. The summed E-state index contributed by atoms with van der Waals surface area (Å²) in [5, 5.41) is 3.19. The topological polar surface area (TPSA) is 24.4 Å². The second-order valence-electron chi connectivity index (χ2n) is 4.37. The highest BCUT2D eigenvalue weighted by molar-refractivity contribution is 9.10. The standard InChI is InChI=1S/C13H13BrN2/c1-7-11-6-12(14)9-4-3-5-10(9)13(11)16-8(2)15-7/h6H,1,3-5H2,2H3,(H,15,16). The first-order valence-electron chi connectivity index (χ1n) is 5.52. The normalized spacial score (nSPS) is 17.6. The van der Waals surface area contributed by atoms with Crippen LogP contribution in [0.5, 0.6) is 0 Å². The number of nitrogens with zero attached hydrogens (tertiary/aromatic N) is 1. The van der Waals surface area contributed by atoms with E-state index in [1.54, 1.807) is 0 Å². The zero-order chi connectivity index (χ0) is 11.3. The van der Waals surface area contributed by atoms with Gasteiger partial charge in [-0.1, -0.05) is 22.5 Å². The van der Waals surface area contributed by atoms with Crippen LogP contribution in [-0.4, -0.2) is 5.84 Å². The maximum absolute atomic E-state index is 4.63. The highest BCUT2D eigenvalue weighted by Crippen LogP contribution is 2.41. The van der Waals surface area contributed by atoms with Crippen molar-refractivity contribution in [2.45, 2.75) is 26.2 Å². The van der Waals surface area contributed by atoms with Crippen LogP contribution >= 0.6 is 15.9 Å². The number of amidine groups is 1. The molecular weight excluding hydrogens is 264 g/mol. The summed E-state index contributed by atoms with van der Waals surface area (Å²) in [5.41, 5.74) is 6.07. The fourth-order valence-electron chi connectivity index (χ4n) is 2.55. The summed E-state index contributed by atoms with van der Waals surface area (Å²) in [5.74, 6) is 0.939. The molecule has 0 saturated heterocycles. The second kappa shape index (κ2) is 3.45. The van der Waals surface area contributed by atoms with Crippen LogP contribution in [0.3, 0.4) is 0 Å². The summed E-state index contributed by atoms with van der Waals surface area (Å²) < 4.78 is 1.21. The third-order valence-corrected chi connectivity index (χ3v) is 3.96. The van der Waals surface area contributed by atoms with E-state index >= 15 is 0 Å². The van der Waals surface area contributed by atoms with Crippen LogP contribution in [0.1, 0.15) is 30.0 Å². The van der Waals surface area contributed by atoms with Crippen LogP contribution in [0.25, 0.3) is 5.70 Å². The highest BCUT2D eigenvalue weighted by atomic mass is 79.9. The summed E-state index contributed by atoms with van der Waals surface area (Å²) in [4.78, 5) is 4.63. The monoisotopic (exact) mass is 276 g/mol. The number of hydrogen-bond donors (Lipinski definition) is 1. The Balaban J connectivity index is 2.33. The van der Waals surface area contributed by atoms with Gasteiger partial charge in [-0.25, -0.2) is 4.99 Å². The second-order valence-corrected chi connectivity index (χ2v) is 5.22. The van der Waals surface area contributed by atoms with Gasteiger partial charge >= 0.3 is 0 Å². The first-order chi connectivity index (χ1) is 7.66. The molecule has 0 aromatic heterocycles. The van der Waals surface area contributed by atoms with Crippen molar-refractivity contribution in [3.63, 3.8) is 0 Å². The molecule has 2 aliphatic rings. The number of hydrogen-bond acceptors (Lipinski definition) is 2. The van der Waals surface area contributed by atoms with Crippen LogP contribution in [0.2, 0.25) is 0 Å². The Kier molecular flexibility index (Phi) is 2.18. The SMILES string of the molecule is C=C1NC(C)=Nc2c1cc(Br)c1c2CCC1. The molecule has 1 aromatic rings. The minimum absolute atomic E-state index is 0.939. The molecule has 3 rings (SSSR count). The van der Waals surface area contributed by atoms with Gasteiger partial charge in [0.2, 0.25) is 0 Å². The number of nitrogens with one attached hydrogen (secondary N) is 1. The average Bonchev–Trinajstić information content (AvgIpc) is 2.69. The molecule has 1 heterocycles. The van der Waals surface area contributed by atoms with Crippen LogP contribution < -0.4 is 5.32 Å². The summed E-state index contributed by atoms with van der Waals surface area (Å²) in [6.07, 6.45) is 3.54. The van der Waals surface area contributed by atoms with Crippen LogP contribution in [0, 0.1) is 0 Å². The lowest BCUT2D eigenvalue weighted by Gasteiger charge is -2.21. The van der Waals surface area contributed by atoms with Crippen molar-refractivity contribution in [1.82, 2.24) is 5.32 Å². The van der Waals surface area contributed by atoms with E-state index in [2.05, 4.69) is 38.9 Å². The van der Waals surface area contributed by atoms with Crippen molar-refractivity contribution in [2.24, 2.45) is 4.99 Å². The first kappa shape index (κ1) is 10.1. The van der Waals surface area contributed by atoms with Gasteiger partial charge in [0.1, 0.15) is 5.84 Å². The summed E-state index contributed by atoms with van der Waals surface area (Å²) in [7, 11) is 0. The Morgan fingerprint density at radius 1 is 1.38 bits per heavy atom. The Morgan fingerprint density at radius 3 is 2.94 bits per heavy atom. The van der Waals surface area contributed by atoms with Gasteiger partial charge in [0.05, 0.1) is 5.69 Å². The van der Waals surface area contributed by atoms with Gasteiger partial charge in [0.25, 0.3) is 0 Å². The van der Waals surface area contributed by atoms with Crippen molar-refractivity contribution in [1.29, 1.82) is 0 Å². The zero-order valence-corrected chi connectivity index (χ0v) is 10.8. The minimum Gasteiger partial charge on any atom is -0.344 e. The maximum atomic E-state index is 4.63. The molecular formula is C13H13BrN2. The third kappa shape index (κ3) is 1.34. The van der Waals surface area contributed by atoms with Crippen molar-refractivity contribution in [3.8, 4) is 0 Å². The van der Waals surface area contributed by atoms with Crippen LogP contribution in [0.15, 0.2) is 22.1 Å². The van der Waals surface area contributed by atoms with E-state index in [9.17, 15) is 0 Å². The van der Waals surface area contributed by atoms with E-state index in [1.165, 1.54) is 22.0 Å². The van der Waals surface area contributed by atoms with Gasteiger partial charge in [-0.2, -0.15) is 0 Å². The van der Waals surface area contributed by atoms with Crippen molar-refractivity contribution in [3.05, 3.63) is 33.8 Å². The van der Waals surface area contributed by atoms with Gasteiger partial charge in [0, 0.05) is 15.7 Å². The van der Waals surface area contributed by atoms with Gasteiger partial charge in [-0.15, -0.1) is 0 Å². The van der Waals surface area contributed by atoms with Crippen LogP contribution in [0.4, 0.5) is 5.69 Å². The van der Waals surface area contributed by atoms with Gasteiger partial charge in [-0.05, 0) is 43.4 Å². The molecule has 0 bridgehead atoms. The van der Waals surface area contributed by atoms with Crippen molar-refractivity contribution < 1.29 is 0 Å². The first-order valence-corrected chi connectivity index (χ1v) is 6.32. The maximum Gasteiger partial charge on any atom is 0.103 e. The van der Waals surface area contributed by atoms with Crippen LogP contribution in [-0.2, 0) is 12.8 Å². The molecule has 0 radical (unpaired) electrons. The largest absolute Gasteiger partial charge is 0.344 e. The Bertz CT molecular complexity index is 529. The summed E-state index contributed by atoms with van der Waals surface area (Å²) in [6, 6.07) is 2.14. The van der Waals surface area contributed by atoms with Crippen molar-refractivity contribution in [2.75, 3.05) is 0 Å². The van der Waals surface area contributed by atoms with E-state index in [4.69, 9.17) is 0 Å². The average molecular weight is 277 g/mol. The molecule has 82 valence electrons. The molecule has 1 aliphatic carbocycles. The van der Waals surface area contributed by atoms with E-state index in [0.717, 1.165) is 35.6 Å². The Hall–Kier alpha value is -1.09. The highest BCUT2D eigenvalue weighted by Gasteiger charge is 2.24. The smallest absolute Gasteiger partial charge is 0.103 e. The molecule has 3 heteroatoms. The molecule has 0 saturated carbocycles. The molecule has 0 spiro atoms. The lowest BCUT2D eigenvalue weighted by molar-refractivity contribution is 0.910. The lowest BCUT2D eigenvalue weighted by Crippen LogP contribution is -2.21. The Labute approximate surface area is 104 Å². The molecule has 0 amide bonds. The quantitative estimate of drug-likeness (QED) is 0.770. The predicted octanol–water partition coefficient (Wildman–Crippen LogP) is 3.56. The number of fused-ring (bicyclic) bond motifs is 3. The van der Waals surface area contributed by atoms with Gasteiger partial charge in [0.15, 0.2) is 0 Å². The predicted molar refractivity (Wildman–Crippen MR) is 71.1 cm³/mol. The summed E-state index contributed by atoms with van der Waals surface area (Å²) >= 11 is 3.65. The van der Waals surface area contributed by atoms with Crippen molar-refractivity contribution >= 4 is 33.1 Å². The van der Waals surface area contributed by atoms with Gasteiger partial charge in [-0.3, -0.25) is 0 Å². The van der Waals surface area contributed by atoms with E-state index < -0.39 is 0 Å². The molecule has 0 unspecified atom stereocenters. The van der Waals surface area contributed by atoms with E-state index in [-0.39, 0.29) is 0 Å². The number of rotatable bonds is 0.